The molecule has 0 saturated heterocycles. The van der Waals surface area contributed by atoms with Gasteiger partial charge in [0.15, 0.2) is 0 Å². The van der Waals surface area contributed by atoms with E-state index in [4.69, 9.17) is 11.5 Å². The van der Waals surface area contributed by atoms with Crippen LogP contribution in [0.2, 0.25) is 0 Å². The summed E-state index contributed by atoms with van der Waals surface area (Å²) in [7, 11) is 0. The second-order valence-corrected chi connectivity index (χ2v) is 5.79. The summed E-state index contributed by atoms with van der Waals surface area (Å²) in [4.78, 5) is 13.8. The van der Waals surface area contributed by atoms with Gasteiger partial charge in [-0.1, -0.05) is 30.3 Å². The molecular formula is C15H15N5S. The molecule has 21 heavy (non-hydrogen) atoms. The van der Waals surface area contributed by atoms with Gasteiger partial charge in [-0.25, -0.2) is 9.97 Å². The molecule has 0 spiro atoms. The maximum absolute atomic E-state index is 5.89. The lowest BCUT2D eigenvalue weighted by Crippen LogP contribution is -2.03. The lowest BCUT2D eigenvalue weighted by atomic mass is 10.2. The van der Waals surface area contributed by atoms with E-state index in [-0.39, 0.29) is 5.95 Å². The molecule has 0 saturated carbocycles. The van der Waals surface area contributed by atoms with Crippen molar-refractivity contribution in [1.29, 1.82) is 0 Å². The number of hydrogen-bond donors (Lipinski definition) is 2. The number of benzene rings is 1. The number of aromatic nitrogens is 3. The Kier molecular flexibility index (Phi) is 3.53. The molecule has 4 N–H and O–H groups in total. The number of aryl methyl sites for hydroxylation is 1. The van der Waals surface area contributed by atoms with Crippen molar-refractivity contribution in [2.24, 2.45) is 0 Å². The molecule has 2 heterocycles. The molecule has 0 aliphatic carbocycles. The maximum atomic E-state index is 5.89. The molecule has 0 unspecified atom stereocenters. The minimum Gasteiger partial charge on any atom is -0.383 e. The minimum atomic E-state index is 0.197. The van der Waals surface area contributed by atoms with Gasteiger partial charge in [0.05, 0.1) is 5.69 Å². The summed E-state index contributed by atoms with van der Waals surface area (Å²) in [6.45, 7) is 2.01. The molecule has 3 aromatic rings. The normalized spacial score (nSPS) is 10.7. The van der Waals surface area contributed by atoms with Crippen LogP contribution in [0.4, 0.5) is 11.8 Å². The Morgan fingerprint density at radius 3 is 2.57 bits per heavy atom. The van der Waals surface area contributed by atoms with Gasteiger partial charge in [-0.2, -0.15) is 4.98 Å². The fraction of sp³-hybridized carbons (Fsp3) is 0.133. The standard InChI is InChI=1S/C15H15N5S/c1-9-12(7-11-8-18-15(17)20-13(11)16)21-14(19-9)10-5-3-2-4-6-10/h2-6,8H,7H2,1H3,(H4,16,17,18,20). The molecule has 0 radical (unpaired) electrons. The summed E-state index contributed by atoms with van der Waals surface area (Å²) in [5.74, 6) is 0.624. The van der Waals surface area contributed by atoms with Gasteiger partial charge in [-0.05, 0) is 6.92 Å². The van der Waals surface area contributed by atoms with Crippen molar-refractivity contribution < 1.29 is 0 Å². The molecule has 0 fully saturated rings. The first-order chi connectivity index (χ1) is 10.1. The van der Waals surface area contributed by atoms with Crippen molar-refractivity contribution in [2.45, 2.75) is 13.3 Å². The third kappa shape index (κ3) is 2.85. The zero-order valence-corrected chi connectivity index (χ0v) is 12.4. The predicted molar refractivity (Wildman–Crippen MR) is 85.9 cm³/mol. The van der Waals surface area contributed by atoms with E-state index in [1.54, 1.807) is 17.5 Å². The second kappa shape index (κ2) is 5.49. The summed E-state index contributed by atoms with van der Waals surface area (Å²) in [6.07, 6.45) is 2.35. The predicted octanol–water partition coefficient (Wildman–Crippen LogP) is 2.66. The van der Waals surface area contributed by atoms with Crippen LogP contribution in [0.3, 0.4) is 0 Å². The minimum absolute atomic E-state index is 0.197. The molecule has 106 valence electrons. The van der Waals surface area contributed by atoms with Crippen LogP contribution in [0.5, 0.6) is 0 Å². The second-order valence-electron chi connectivity index (χ2n) is 4.71. The summed E-state index contributed by atoms with van der Waals surface area (Å²) in [5, 5.41) is 1.01. The highest BCUT2D eigenvalue weighted by Gasteiger charge is 2.12. The van der Waals surface area contributed by atoms with Crippen molar-refractivity contribution in [3.05, 3.63) is 52.7 Å². The third-order valence-electron chi connectivity index (χ3n) is 3.18. The van der Waals surface area contributed by atoms with Gasteiger partial charge in [-0.15, -0.1) is 11.3 Å². The highest BCUT2D eigenvalue weighted by Crippen LogP contribution is 2.29. The zero-order valence-electron chi connectivity index (χ0n) is 11.6. The van der Waals surface area contributed by atoms with E-state index in [1.807, 2.05) is 25.1 Å². The molecule has 3 rings (SSSR count). The molecule has 0 aliphatic heterocycles. The molecule has 0 aliphatic rings. The van der Waals surface area contributed by atoms with Crippen molar-refractivity contribution in [3.63, 3.8) is 0 Å². The van der Waals surface area contributed by atoms with Crippen LogP contribution in [-0.4, -0.2) is 15.0 Å². The highest BCUT2D eigenvalue weighted by molar-refractivity contribution is 7.15. The number of nitrogens with zero attached hydrogens (tertiary/aromatic N) is 3. The first-order valence-corrected chi connectivity index (χ1v) is 7.33. The SMILES string of the molecule is Cc1nc(-c2ccccc2)sc1Cc1cnc(N)nc1N. The Morgan fingerprint density at radius 2 is 1.86 bits per heavy atom. The number of hydrogen-bond acceptors (Lipinski definition) is 6. The van der Waals surface area contributed by atoms with E-state index in [9.17, 15) is 0 Å². The van der Waals surface area contributed by atoms with Crippen LogP contribution in [0, 0.1) is 6.92 Å². The average molecular weight is 297 g/mol. The Bertz CT molecular complexity index is 767. The summed E-state index contributed by atoms with van der Waals surface area (Å²) in [5.41, 5.74) is 14.4. The van der Waals surface area contributed by atoms with Gasteiger partial charge in [0.2, 0.25) is 5.95 Å². The molecule has 2 aromatic heterocycles. The van der Waals surface area contributed by atoms with E-state index in [0.29, 0.717) is 12.2 Å². The van der Waals surface area contributed by atoms with E-state index in [0.717, 1.165) is 26.7 Å². The van der Waals surface area contributed by atoms with Gasteiger partial charge in [0.1, 0.15) is 10.8 Å². The van der Waals surface area contributed by atoms with Crippen LogP contribution in [0.1, 0.15) is 16.1 Å². The number of nitrogen functional groups attached to an aromatic ring is 2. The Labute approximate surface area is 126 Å². The smallest absolute Gasteiger partial charge is 0.221 e. The van der Waals surface area contributed by atoms with Crippen molar-refractivity contribution >= 4 is 23.1 Å². The van der Waals surface area contributed by atoms with Gasteiger partial charge < -0.3 is 11.5 Å². The number of thiazole rings is 1. The highest BCUT2D eigenvalue weighted by atomic mass is 32.1. The van der Waals surface area contributed by atoms with Gasteiger partial charge in [-0.3, -0.25) is 0 Å². The maximum Gasteiger partial charge on any atom is 0.221 e. The summed E-state index contributed by atoms with van der Waals surface area (Å²) >= 11 is 1.67. The monoisotopic (exact) mass is 297 g/mol. The molecule has 0 amide bonds. The van der Waals surface area contributed by atoms with Crippen LogP contribution in [-0.2, 0) is 6.42 Å². The van der Waals surface area contributed by atoms with Gasteiger partial charge in [0, 0.05) is 28.6 Å². The van der Waals surface area contributed by atoms with Gasteiger partial charge in [0.25, 0.3) is 0 Å². The van der Waals surface area contributed by atoms with Gasteiger partial charge >= 0.3 is 0 Å². The lowest BCUT2D eigenvalue weighted by Gasteiger charge is -2.03. The molecule has 0 bridgehead atoms. The largest absolute Gasteiger partial charge is 0.383 e. The quantitative estimate of drug-likeness (QED) is 0.775. The van der Waals surface area contributed by atoms with Crippen LogP contribution in [0.15, 0.2) is 36.5 Å². The number of anilines is 2. The summed E-state index contributed by atoms with van der Waals surface area (Å²) < 4.78 is 0. The van der Waals surface area contributed by atoms with E-state index < -0.39 is 0 Å². The van der Waals surface area contributed by atoms with E-state index in [2.05, 4.69) is 27.1 Å². The fourth-order valence-corrected chi connectivity index (χ4v) is 3.13. The van der Waals surface area contributed by atoms with Crippen LogP contribution >= 0.6 is 11.3 Å². The van der Waals surface area contributed by atoms with Crippen molar-refractivity contribution in [2.75, 3.05) is 11.5 Å². The number of rotatable bonds is 3. The Morgan fingerprint density at radius 1 is 1.10 bits per heavy atom. The lowest BCUT2D eigenvalue weighted by molar-refractivity contribution is 1.09. The fourth-order valence-electron chi connectivity index (χ4n) is 2.04. The molecule has 1 aromatic carbocycles. The van der Waals surface area contributed by atoms with Crippen molar-refractivity contribution in [1.82, 2.24) is 15.0 Å². The zero-order chi connectivity index (χ0) is 14.8. The number of nitrogens with two attached hydrogens (primary N) is 2. The van der Waals surface area contributed by atoms with Crippen LogP contribution in [0.25, 0.3) is 10.6 Å². The van der Waals surface area contributed by atoms with Crippen LogP contribution < -0.4 is 11.5 Å². The average Bonchev–Trinajstić information content (AvgIpc) is 2.84. The first-order valence-electron chi connectivity index (χ1n) is 6.52. The van der Waals surface area contributed by atoms with E-state index >= 15 is 0 Å². The molecule has 5 nitrogen and oxygen atoms in total. The molecular weight excluding hydrogens is 282 g/mol. The topological polar surface area (TPSA) is 90.7 Å². The first kappa shape index (κ1) is 13.5. The molecule has 0 atom stereocenters. The molecule has 6 heteroatoms. The van der Waals surface area contributed by atoms with Crippen molar-refractivity contribution in [3.8, 4) is 10.6 Å². The third-order valence-corrected chi connectivity index (χ3v) is 4.39. The Balaban J connectivity index is 1.91. The Hall–Kier alpha value is -2.47. The summed E-state index contributed by atoms with van der Waals surface area (Å²) in [6, 6.07) is 10.1. The van der Waals surface area contributed by atoms with E-state index in [1.165, 1.54) is 0 Å².